The number of hydrogen-bond acceptors (Lipinski definition) is 6. The maximum absolute atomic E-state index is 13.7. The van der Waals surface area contributed by atoms with Gasteiger partial charge in [0.25, 0.3) is 5.91 Å². The Bertz CT molecular complexity index is 1950. The van der Waals surface area contributed by atoms with E-state index in [2.05, 4.69) is 21.7 Å². The number of likely N-dealkylation sites (tertiary alicyclic amines) is 1. The van der Waals surface area contributed by atoms with Crippen LogP contribution < -0.4 is 16.0 Å². The molecule has 4 aromatic heterocycles. The topological polar surface area (TPSA) is 124 Å². The second-order valence-electron chi connectivity index (χ2n) is 12.1. The summed E-state index contributed by atoms with van der Waals surface area (Å²) in [4.78, 5) is 40.4. The lowest BCUT2D eigenvalue weighted by atomic mass is 10.1. The van der Waals surface area contributed by atoms with Gasteiger partial charge < -0.3 is 29.5 Å². The second-order valence-corrected chi connectivity index (χ2v) is 12.1. The first-order chi connectivity index (χ1) is 20.4. The summed E-state index contributed by atoms with van der Waals surface area (Å²) >= 11 is 0. The molecule has 42 heavy (non-hydrogen) atoms. The Morgan fingerprint density at radius 2 is 1.95 bits per heavy atom. The molecule has 1 saturated heterocycles. The molecular formula is C32H33N7O3. The molecule has 5 aromatic rings. The molecule has 1 amide bonds. The van der Waals surface area contributed by atoms with E-state index in [1.54, 1.807) is 19.4 Å². The molecule has 2 unspecified atom stereocenters. The number of benzene rings is 1. The van der Waals surface area contributed by atoms with Gasteiger partial charge in [-0.2, -0.15) is 0 Å². The average molecular weight is 564 g/mol. The maximum atomic E-state index is 13.7. The van der Waals surface area contributed by atoms with E-state index in [0.717, 1.165) is 58.7 Å². The molecular weight excluding hydrogens is 530 g/mol. The first kappa shape index (κ1) is 25.3. The molecule has 0 radical (unpaired) electrons. The standard InChI is InChI=1S/C32H33N7O3/c1-37-29-23(11-21(13-26(29)42-2)32(41)39-16-20-6-8-24(39)28(20)33)36-31(37)25-12-19-5-7-22(18-9-10-34-27(40)14-18)35-30(19)38(25)15-17-3-4-17/h5,7,9-14,17,20,24,28H,3-4,6,8,15-16,33H2,1-2H3,(H,34,40)/t20?,24?,28-/m1/s1. The SMILES string of the molecule is COc1cc(C(=O)N2CC3CCC2[C@@H]3N)cc2nc(-c3cc4ccc(-c5cc[nH]c(=O)c5)nc4n3CC3CC3)n(C)c12. The molecule has 3 fully saturated rings. The molecule has 1 aliphatic heterocycles. The Morgan fingerprint density at radius 1 is 1.10 bits per heavy atom. The van der Waals surface area contributed by atoms with Crippen molar-refractivity contribution in [3.63, 3.8) is 0 Å². The lowest BCUT2D eigenvalue weighted by Crippen LogP contribution is -2.41. The van der Waals surface area contributed by atoms with Crippen molar-refractivity contribution in [3.8, 4) is 28.5 Å². The summed E-state index contributed by atoms with van der Waals surface area (Å²) in [6, 6.07) is 13.5. The molecule has 2 bridgehead atoms. The number of carbonyl (C=O) groups excluding carboxylic acids is 1. The van der Waals surface area contributed by atoms with Crippen LogP contribution in [-0.2, 0) is 13.6 Å². The summed E-state index contributed by atoms with van der Waals surface area (Å²) in [5.41, 5.74) is 11.7. The lowest BCUT2D eigenvalue weighted by Gasteiger charge is -2.27. The minimum atomic E-state index is -0.157. The first-order valence-corrected chi connectivity index (χ1v) is 14.7. The smallest absolute Gasteiger partial charge is 0.254 e. The number of nitrogens with two attached hydrogens (primary N) is 1. The van der Waals surface area contributed by atoms with Crippen LogP contribution in [0.25, 0.3) is 44.8 Å². The van der Waals surface area contributed by atoms with Crippen molar-refractivity contribution in [2.24, 2.45) is 24.6 Å². The van der Waals surface area contributed by atoms with E-state index in [4.69, 9.17) is 20.4 Å². The number of aryl methyl sites for hydroxylation is 1. The Morgan fingerprint density at radius 3 is 2.67 bits per heavy atom. The largest absolute Gasteiger partial charge is 0.494 e. The Labute approximate surface area is 242 Å². The van der Waals surface area contributed by atoms with Crippen molar-refractivity contribution < 1.29 is 9.53 Å². The highest BCUT2D eigenvalue weighted by Gasteiger charge is 2.47. The van der Waals surface area contributed by atoms with Gasteiger partial charge in [0.2, 0.25) is 5.56 Å². The normalized spacial score (nSPS) is 21.6. The third kappa shape index (κ3) is 3.88. The fourth-order valence-corrected chi connectivity index (χ4v) is 7.09. The van der Waals surface area contributed by atoms with Crippen molar-refractivity contribution in [1.29, 1.82) is 0 Å². The lowest BCUT2D eigenvalue weighted by molar-refractivity contribution is 0.0700. The van der Waals surface area contributed by atoms with Gasteiger partial charge in [0.1, 0.15) is 16.9 Å². The zero-order valence-electron chi connectivity index (χ0n) is 23.7. The molecule has 2 saturated carbocycles. The van der Waals surface area contributed by atoms with Gasteiger partial charge >= 0.3 is 0 Å². The van der Waals surface area contributed by atoms with E-state index in [1.807, 2.05) is 40.8 Å². The molecule has 8 rings (SSSR count). The summed E-state index contributed by atoms with van der Waals surface area (Å²) in [7, 11) is 3.62. The van der Waals surface area contributed by atoms with Crippen molar-refractivity contribution in [2.45, 2.75) is 44.3 Å². The van der Waals surface area contributed by atoms with Crippen LogP contribution in [0.5, 0.6) is 5.75 Å². The highest BCUT2D eigenvalue weighted by molar-refractivity contribution is 6.00. The van der Waals surface area contributed by atoms with Crippen LogP contribution in [0.15, 0.2) is 53.5 Å². The van der Waals surface area contributed by atoms with E-state index in [0.29, 0.717) is 35.2 Å². The van der Waals surface area contributed by atoms with Crippen molar-refractivity contribution in [2.75, 3.05) is 13.7 Å². The zero-order chi connectivity index (χ0) is 28.7. The molecule has 10 heteroatoms. The third-order valence-electron chi connectivity index (χ3n) is 9.50. The number of aromatic amines is 1. The molecule has 1 aromatic carbocycles. The van der Waals surface area contributed by atoms with Crippen molar-refractivity contribution in [1.82, 2.24) is 29.0 Å². The molecule has 3 atom stereocenters. The van der Waals surface area contributed by atoms with Gasteiger partial charge in [-0.3, -0.25) is 9.59 Å². The van der Waals surface area contributed by atoms with Crippen LogP contribution in [0.3, 0.4) is 0 Å². The quantitative estimate of drug-likeness (QED) is 0.323. The highest BCUT2D eigenvalue weighted by Crippen LogP contribution is 2.40. The number of amides is 1. The predicted molar refractivity (Wildman–Crippen MR) is 160 cm³/mol. The van der Waals surface area contributed by atoms with Gasteiger partial charge in [0, 0.05) is 61.0 Å². The fourth-order valence-electron chi connectivity index (χ4n) is 7.09. The number of methoxy groups -OCH3 is 1. The first-order valence-electron chi connectivity index (χ1n) is 14.7. The average Bonchev–Trinajstić information content (AvgIpc) is 3.40. The van der Waals surface area contributed by atoms with Crippen LogP contribution in [0.1, 0.15) is 36.0 Å². The van der Waals surface area contributed by atoms with Crippen LogP contribution in [0, 0.1) is 11.8 Å². The molecule has 3 N–H and O–H groups in total. The number of nitrogens with zero attached hydrogens (tertiary/aromatic N) is 5. The fraction of sp³-hybridized carbons (Fsp3) is 0.375. The highest BCUT2D eigenvalue weighted by atomic mass is 16.5. The van der Waals surface area contributed by atoms with Gasteiger partial charge in [-0.25, -0.2) is 9.97 Å². The molecule has 2 aliphatic carbocycles. The Hall–Kier alpha value is -4.44. The van der Waals surface area contributed by atoms with E-state index in [9.17, 15) is 9.59 Å². The zero-order valence-corrected chi connectivity index (χ0v) is 23.7. The number of ether oxygens (including phenoxy) is 1. The third-order valence-corrected chi connectivity index (χ3v) is 9.50. The number of fused-ring (bicyclic) bond motifs is 4. The van der Waals surface area contributed by atoms with Gasteiger partial charge in [0.15, 0.2) is 5.82 Å². The van der Waals surface area contributed by atoms with Crippen LogP contribution in [0.4, 0.5) is 0 Å². The van der Waals surface area contributed by atoms with E-state index < -0.39 is 0 Å². The summed E-state index contributed by atoms with van der Waals surface area (Å²) < 4.78 is 10.1. The number of aromatic nitrogens is 5. The number of hydrogen-bond donors (Lipinski definition) is 2. The Kier molecular flexibility index (Phi) is 5.59. The molecule has 5 heterocycles. The van der Waals surface area contributed by atoms with Crippen LogP contribution in [-0.4, -0.2) is 60.6 Å². The van der Waals surface area contributed by atoms with Gasteiger partial charge in [-0.05, 0) is 73.9 Å². The Balaban J connectivity index is 1.25. The van der Waals surface area contributed by atoms with Crippen molar-refractivity contribution in [3.05, 3.63) is 64.6 Å². The number of rotatable bonds is 6. The predicted octanol–water partition coefficient (Wildman–Crippen LogP) is 3.93. The molecule has 214 valence electrons. The summed E-state index contributed by atoms with van der Waals surface area (Å²) in [6.07, 6.45) is 6.09. The van der Waals surface area contributed by atoms with Crippen LogP contribution in [0.2, 0.25) is 0 Å². The molecule has 0 spiro atoms. The summed E-state index contributed by atoms with van der Waals surface area (Å²) in [5, 5.41) is 1.01. The monoisotopic (exact) mass is 563 g/mol. The molecule has 10 nitrogen and oxygen atoms in total. The van der Waals surface area contributed by atoms with Gasteiger partial charge in [-0.1, -0.05) is 0 Å². The van der Waals surface area contributed by atoms with E-state index in [1.165, 1.54) is 12.8 Å². The van der Waals surface area contributed by atoms with E-state index >= 15 is 0 Å². The maximum Gasteiger partial charge on any atom is 0.254 e. The number of piperidine rings is 1. The number of H-pyrrole nitrogens is 1. The number of imidazole rings is 1. The number of pyridine rings is 2. The molecule has 3 aliphatic rings. The number of nitrogens with one attached hydrogen (secondary N) is 1. The second kappa shape index (κ2) is 9.29. The summed E-state index contributed by atoms with van der Waals surface area (Å²) in [5.74, 6) is 2.37. The minimum Gasteiger partial charge on any atom is -0.494 e. The number of carbonyl (C=O) groups is 1. The van der Waals surface area contributed by atoms with Crippen molar-refractivity contribution >= 4 is 28.0 Å². The van der Waals surface area contributed by atoms with E-state index in [-0.39, 0.29) is 23.6 Å². The van der Waals surface area contributed by atoms with Gasteiger partial charge in [-0.15, -0.1) is 0 Å². The minimum absolute atomic E-state index is 0.00984. The van der Waals surface area contributed by atoms with Crippen LogP contribution >= 0.6 is 0 Å². The van der Waals surface area contributed by atoms with Gasteiger partial charge in [0.05, 0.1) is 24.0 Å². The summed E-state index contributed by atoms with van der Waals surface area (Å²) in [6.45, 7) is 1.55.